The SMILES string of the molecule is C[C@@H](Cc1cnccn1)N(C)Cc1ccc(Cl)o1. The first-order valence-corrected chi connectivity index (χ1v) is 6.22. The van der Waals surface area contributed by atoms with E-state index in [0.717, 1.165) is 24.4 Å². The molecule has 0 saturated heterocycles. The van der Waals surface area contributed by atoms with Crippen LogP contribution in [0.15, 0.2) is 35.1 Å². The summed E-state index contributed by atoms with van der Waals surface area (Å²) >= 11 is 5.75. The molecule has 2 aromatic heterocycles. The zero-order valence-corrected chi connectivity index (χ0v) is 11.3. The van der Waals surface area contributed by atoms with Gasteiger partial charge in [-0.1, -0.05) is 0 Å². The molecule has 0 amide bonds. The highest BCUT2D eigenvalue weighted by atomic mass is 35.5. The van der Waals surface area contributed by atoms with Crippen LogP contribution >= 0.6 is 11.6 Å². The first kappa shape index (κ1) is 13.1. The Morgan fingerprint density at radius 1 is 1.39 bits per heavy atom. The number of furan rings is 1. The second-order valence-electron chi connectivity index (χ2n) is 4.37. The predicted molar refractivity (Wildman–Crippen MR) is 70.4 cm³/mol. The van der Waals surface area contributed by atoms with E-state index < -0.39 is 0 Å². The summed E-state index contributed by atoms with van der Waals surface area (Å²) in [5.41, 5.74) is 0.995. The Bertz CT molecular complexity index is 486. The van der Waals surface area contributed by atoms with Gasteiger partial charge in [-0.25, -0.2) is 0 Å². The number of likely N-dealkylation sites (N-methyl/N-ethyl adjacent to an activating group) is 1. The highest BCUT2D eigenvalue weighted by Gasteiger charge is 2.13. The third-order valence-corrected chi connectivity index (χ3v) is 3.11. The lowest BCUT2D eigenvalue weighted by molar-refractivity contribution is 0.227. The Morgan fingerprint density at radius 3 is 2.83 bits per heavy atom. The Hall–Kier alpha value is -1.39. The predicted octanol–water partition coefficient (Wildman–Crippen LogP) is 2.79. The number of hydrogen-bond acceptors (Lipinski definition) is 4. The number of nitrogens with zero attached hydrogens (tertiary/aromatic N) is 3. The van der Waals surface area contributed by atoms with Gasteiger partial charge in [-0.05, 0) is 37.7 Å². The van der Waals surface area contributed by atoms with Crippen LogP contribution in [0.4, 0.5) is 0 Å². The second-order valence-corrected chi connectivity index (χ2v) is 4.74. The van der Waals surface area contributed by atoms with Crippen molar-refractivity contribution in [2.45, 2.75) is 25.9 Å². The smallest absolute Gasteiger partial charge is 0.193 e. The molecule has 0 aliphatic rings. The molecule has 1 atom stereocenters. The molecule has 0 bridgehead atoms. The average Bonchev–Trinajstić information content (AvgIpc) is 2.76. The molecule has 0 saturated carbocycles. The highest BCUT2D eigenvalue weighted by molar-refractivity contribution is 6.28. The molecule has 0 fully saturated rings. The van der Waals surface area contributed by atoms with E-state index in [9.17, 15) is 0 Å². The molecule has 0 radical (unpaired) electrons. The van der Waals surface area contributed by atoms with Crippen LogP contribution in [0.3, 0.4) is 0 Å². The standard InChI is InChI=1S/C13H16ClN3O/c1-10(7-11-8-15-5-6-16-11)17(2)9-12-3-4-13(14)18-12/h3-6,8,10H,7,9H2,1-2H3/t10-/m0/s1. The normalized spacial score (nSPS) is 12.9. The van der Waals surface area contributed by atoms with E-state index in [4.69, 9.17) is 16.0 Å². The van der Waals surface area contributed by atoms with E-state index >= 15 is 0 Å². The maximum absolute atomic E-state index is 5.75. The summed E-state index contributed by atoms with van der Waals surface area (Å²) in [6.07, 6.45) is 6.06. The Morgan fingerprint density at radius 2 is 2.22 bits per heavy atom. The van der Waals surface area contributed by atoms with E-state index in [0.29, 0.717) is 11.3 Å². The number of aromatic nitrogens is 2. The minimum atomic E-state index is 0.352. The van der Waals surface area contributed by atoms with Gasteiger partial charge < -0.3 is 4.42 Å². The monoisotopic (exact) mass is 265 g/mol. The highest BCUT2D eigenvalue weighted by Crippen LogP contribution is 2.16. The fraction of sp³-hybridized carbons (Fsp3) is 0.385. The number of hydrogen-bond donors (Lipinski definition) is 0. The van der Waals surface area contributed by atoms with Crippen LogP contribution in [0.1, 0.15) is 18.4 Å². The molecular weight excluding hydrogens is 250 g/mol. The van der Waals surface area contributed by atoms with Crippen molar-refractivity contribution in [3.8, 4) is 0 Å². The molecular formula is C13H16ClN3O. The molecule has 0 N–H and O–H groups in total. The maximum atomic E-state index is 5.75. The van der Waals surface area contributed by atoms with Gasteiger partial charge in [0.05, 0.1) is 12.2 Å². The Kier molecular flexibility index (Phi) is 4.33. The first-order valence-electron chi connectivity index (χ1n) is 5.84. The van der Waals surface area contributed by atoms with Gasteiger partial charge in [-0.2, -0.15) is 0 Å². The van der Waals surface area contributed by atoms with E-state index in [1.165, 1.54) is 0 Å². The fourth-order valence-electron chi connectivity index (χ4n) is 1.73. The number of rotatable bonds is 5. The Labute approximate surface area is 112 Å². The van der Waals surface area contributed by atoms with E-state index in [2.05, 4.69) is 28.8 Å². The van der Waals surface area contributed by atoms with Crippen LogP contribution < -0.4 is 0 Å². The van der Waals surface area contributed by atoms with Crippen molar-refractivity contribution in [3.05, 3.63) is 47.4 Å². The minimum absolute atomic E-state index is 0.352. The molecule has 0 aliphatic heterocycles. The van der Waals surface area contributed by atoms with Crippen molar-refractivity contribution < 1.29 is 4.42 Å². The molecule has 0 unspecified atom stereocenters. The summed E-state index contributed by atoms with van der Waals surface area (Å²) in [6.45, 7) is 2.88. The third-order valence-electron chi connectivity index (χ3n) is 2.91. The van der Waals surface area contributed by atoms with Gasteiger partial charge >= 0.3 is 0 Å². The maximum Gasteiger partial charge on any atom is 0.193 e. The van der Waals surface area contributed by atoms with Crippen molar-refractivity contribution in [2.75, 3.05) is 7.05 Å². The Balaban J connectivity index is 1.90. The minimum Gasteiger partial charge on any atom is -0.448 e. The van der Waals surface area contributed by atoms with E-state index in [-0.39, 0.29) is 0 Å². The van der Waals surface area contributed by atoms with Gasteiger partial charge in [0.15, 0.2) is 5.22 Å². The van der Waals surface area contributed by atoms with E-state index in [1.54, 1.807) is 24.7 Å². The zero-order valence-electron chi connectivity index (χ0n) is 10.5. The summed E-state index contributed by atoms with van der Waals surface area (Å²) < 4.78 is 5.35. The van der Waals surface area contributed by atoms with Crippen LogP contribution in [0, 0.1) is 0 Å². The van der Waals surface area contributed by atoms with E-state index in [1.807, 2.05) is 6.07 Å². The third kappa shape index (κ3) is 3.55. The number of halogens is 1. The molecule has 4 nitrogen and oxygen atoms in total. The van der Waals surface area contributed by atoms with Crippen LogP contribution in [-0.2, 0) is 13.0 Å². The largest absolute Gasteiger partial charge is 0.448 e. The molecule has 0 spiro atoms. The van der Waals surface area contributed by atoms with Crippen LogP contribution in [0.25, 0.3) is 0 Å². The molecule has 18 heavy (non-hydrogen) atoms. The van der Waals surface area contributed by atoms with Gasteiger partial charge in [0, 0.05) is 31.1 Å². The van der Waals surface area contributed by atoms with Gasteiger partial charge in [0.1, 0.15) is 5.76 Å². The van der Waals surface area contributed by atoms with Gasteiger partial charge in [-0.3, -0.25) is 14.9 Å². The van der Waals surface area contributed by atoms with Crippen molar-refractivity contribution in [1.29, 1.82) is 0 Å². The molecule has 96 valence electrons. The van der Waals surface area contributed by atoms with Crippen LogP contribution in [-0.4, -0.2) is 28.0 Å². The lowest BCUT2D eigenvalue weighted by Gasteiger charge is -2.23. The molecule has 2 heterocycles. The molecule has 2 rings (SSSR count). The van der Waals surface area contributed by atoms with Crippen LogP contribution in [0.5, 0.6) is 0 Å². The van der Waals surface area contributed by atoms with Crippen molar-refractivity contribution >= 4 is 11.6 Å². The van der Waals surface area contributed by atoms with Crippen molar-refractivity contribution in [3.63, 3.8) is 0 Å². The lowest BCUT2D eigenvalue weighted by Crippen LogP contribution is -2.30. The fourth-order valence-corrected chi connectivity index (χ4v) is 1.89. The topological polar surface area (TPSA) is 42.2 Å². The molecule has 2 aromatic rings. The molecule has 0 aliphatic carbocycles. The lowest BCUT2D eigenvalue weighted by atomic mass is 10.1. The van der Waals surface area contributed by atoms with Crippen molar-refractivity contribution in [2.24, 2.45) is 0 Å². The first-order chi connectivity index (χ1) is 8.65. The average molecular weight is 266 g/mol. The summed E-state index contributed by atoms with van der Waals surface area (Å²) in [7, 11) is 2.05. The summed E-state index contributed by atoms with van der Waals surface area (Å²) in [4.78, 5) is 10.5. The van der Waals surface area contributed by atoms with Gasteiger partial charge in [0.2, 0.25) is 0 Å². The van der Waals surface area contributed by atoms with Gasteiger partial charge in [0.25, 0.3) is 0 Å². The van der Waals surface area contributed by atoms with Gasteiger partial charge in [-0.15, -0.1) is 0 Å². The molecule has 0 aromatic carbocycles. The quantitative estimate of drug-likeness (QED) is 0.834. The van der Waals surface area contributed by atoms with Crippen molar-refractivity contribution in [1.82, 2.24) is 14.9 Å². The van der Waals surface area contributed by atoms with Crippen LogP contribution in [0.2, 0.25) is 5.22 Å². The summed E-state index contributed by atoms with van der Waals surface area (Å²) in [6, 6.07) is 4.01. The summed E-state index contributed by atoms with van der Waals surface area (Å²) in [5, 5.41) is 0.431. The molecule has 5 heteroatoms. The second kappa shape index (κ2) is 5.98. The summed E-state index contributed by atoms with van der Waals surface area (Å²) in [5.74, 6) is 0.869. The zero-order chi connectivity index (χ0) is 13.0.